The van der Waals surface area contributed by atoms with Crippen molar-refractivity contribution in [2.24, 2.45) is 0 Å². The molecule has 1 aliphatic rings. The largest absolute Gasteiger partial charge is 0.497 e. The molecule has 3 heterocycles. The molecule has 1 fully saturated rings. The number of fused-ring (bicyclic) bond motifs is 1. The van der Waals surface area contributed by atoms with E-state index in [1.54, 1.807) is 28.7 Å². The zero-order valence-corrected chi connectivity index (χ0v) is 23.0. The maximum absolute atomic E-state index is 13.4. The lowest BCUT2D eigenvalue weighted by molar-refractivity contribution is 0.0106. The molecule has 1 saturated heterocycles. The number of carbonyl (C=O) groups excluding carboxylic acids is 1. The highest BCUT2D eigenvalue weighted by Gasteiger charge is 2.37. The van der Waals surface area contributed by atoms with Crippen LogP contribution in [0.15, 0.2) is 41.2 Å². The average molecular weight is 528 g/mol. The first-order valence-corrected chi connectivity index (χ1v) is 12.8. The number of aromatic nitrogens is 3. The van der Waals surface area contributed by atoms with Crippen LogP contribution in [0.25, 0.3) is 11.0 Å². The van der Waals surface area contributed by atoms with Crippen LogP contribution >= 0.6 is 11.6 Å². The molecular weight excluding hydrogens is 494 g/mol. The van der Waals surface area contributed by atoms with Crippen LogP contribution < -0.4 is 15.3 Å². The molecule has 9 nitrogen and oxygen atoms in total. The van der Waals surface area contributed by atoms with E-state index in [-0.39, 0.29) is 23.9 Å². The number of carbonyl (C=O) groups is 1. The van der Waals surface area contributed by atoms with Crippen LogP contribution in [0.2, 0.25) is 5.15 Å². The van der Waals surface area contributed by atoms with Crippen molar-refractivity contribution >= 4 is 34.5 Å². The molecule has 1 amide bonds. The zero-order chi connectivity index (χ0) is 26.9. The normalized spacial score (nSPS) is 18.2. The van der Waals surface area contributed by atoms with Crippen LogP contribution in [0.5, 0.6) is 5.75 Å². The number of ether oxygens (including phenoxy) is 2. The van der Waals surface area contributed by atoms with Gasteiger partial charge in [0.15, 0.2) is 5.82 Å². The summed E-state index contributed by atoms with van der Waals surface area (Å²) in [6, 6.07) is 10.8. The number of benzene rings is 1. The Morgan fingerprint density at radius 3 is 2.43 bits per heavy atom. The number of halogens is 1. The van der Waals surface area contributed by atoms with E-state index in [0.717, 1.165) is 17.7 Å². The third-order valence-electron chi connectivity index (χ3n) is 6.49. The minimum absolute atomic E-state index is 0.108. The summed E-state index contributed by atoms with van der Waals surface area (Å²) < 4.78 is 12.5. The van der Waals surface area contributed by atoms with Crippen LogP contribution in [-0.2, 0) is 11.3 Å². The second kappa shape index (κ2) is 10.6. The number of rotatable bonds is 5. The van der Waals surface area contributed by atoms with Gasteiger partial charge in [-0.3, -0.25) is 4.57 Å². The summed E-state index contributed by atoms with van der Waals surface area (Å²) in [5, 5.41) is 0.317. The maximum Gasteiger partial charge on any atom is 0.410 e. The second-order valence-electron chi connectivity index (χ2n) is 10.4. The standard InChI is InChI=1S/C27H34ClN5O4/c1-7-19-16-31(17(2)14-32(19)26(35)37-27(3,4)5)24-23-21(12-13-22(28)29-23)33(25(34)30-24)15-18-8-10-20(36-6)11-9-18/h8-13,17,19H,7,14-16H2,1-6H3. The molecule has 0 radical (unpaired) electrons. The number of anilines is 1. The van der Waals surface area contributed by atoms with Crippen molar-refractivity contribution in [3.8, 4) is 5.75 Å². The molecule has 2 unspecified atom stereocenters. The van der Waals surface area contributed by atoms with Gasteiger partial charge in [0.2, 0.25) is 0 Å². The predicted molar refractivity (Wildman–Crippen MR) is 145 cm³/mol. The zero-order valence-electron chi connectivity index (χ0n) is 22.2. The van der Waals surface area contributed by atoms with Crippen molar-refractivity contribution in [3.05, 3.63) is 57.6 Å². The van der Waals surface area contributed by atoms with Crippen LogP contribution in [0.3, 0.4) is 0 Å². The fourth-order valence-electron chi connectivity index (χ4n) is 4.61. The SMILES string of the molecule is CCC1CN(c2nc(=O)n(Cc3ccc(OC)cc3)c3ccc(Cl)nc23)C(C)CN1C(=O)OC(C)(C)C. The Bertz CT molecular complexity index is 1340. The molecule has 0 saturated carbocycles. The molecule has 0 aliphatic carbocycles. The fraction of sp³-hybridized carbons (Fsp3) is 0.481. The van der Waals surface area contributed by atoms with Gasteiger partial charge in [0.1, 0.15) is 22.0 Å². The van der Waals surface area contributed by atoms with Crippen LogP contribution in [0, 0.1) is 0 Å². The van der Waals surface area contributed by atoms with Crippen molar-refractivity contribution in [2.75, 3.05) is 25.1 Å². The highest BCUT2D eigenvalue weighted by molar-refractivity contribution is 6.29. The lowest BCUT2D eigenvalue weighted by atomic mass is 10.1. The summed E-state index contributed by atoms with van der Waals surface area (Å²) in [5.41, 5.74) is 1.16. The van der Waals surface area contributed by atoms with Crippen molar-refractivity contribution < 1.29 is 14.3 Å². The summed E-state index contributed by atoms with van der Waals surface area (Å²) in [4.78, 5) is 39.2. The third kappa shape index (κ3) is 5.82. The van der Waals surface area contributed by atoms with Gasteiger partial charge in [0, 0.05) is 19.1 Å². The van der Waals surface area contributed by atoms with Gasteiger partial charge in [-0.15, -0.1) is 0 Å². The van der Waals surface area contributed by atoms with Crippen LogP contribution in [0.4, 0.5) is 10.6 Å². The monoisotopic (exact) mass is 527 g/mol. The number of piperazine rings is 1. The molecule has 3 aromatic rings. The second-order valence-corrected chi connectivity index (χ2v) is 10.7. The number of methoxy groups -OCH3 is 1. The van der Waals surface area contributed by atoms with Gasteiger partial charge in [0.05, 0.1) is 25.2 Å². The highest BCUT2D eigenvalue weighted by atomic mass is 35.5. The first-order chi connectivity index (χ1) is 17.5. The molecule has 198 valence electrons. The van der Waals surface area contributed by atoms with Gasteiger partial charge in [-0.1, -0.05) is 30.7 Å². The van der Waals surface area contributed by atoms with E-state index in [1.807, 2.05) is 58.9 Å². The molecule has 1 aliphatic heterocycles. The Balaban J connectivity index is 1.72. The topological polar surface area (TPSA) is 89.8 Å². The van der Waals surface area contributed by atoms with Crippen molar-refractivity contribution in [3.63, 3.8) is 0 Å². The molecule has 4 rings (SSSR count). The molecule has 0 bridgehead atoms. The van der Waals surface area contributed by atoms with E-state index in [9.17, 15) is 9.59 Å². The minimum Gasteiger partial charge on any atom is -0.497 e. The first-order valence-electron chi connectivity index (χ1n) is 12.5. The Morgan fingerprint density at radius 2 is 1.81 bits per heavy atom. The van der Waals surface area contributed by atoms with Crippen molar-refractivity contribution in [1.29, 1.82) is 0 Å². The van der Waals surface area contributed by atoms with Crippen molar-refractivity contribution in [2.45, 2.75) is 65.3 Å². The Morgan fingerprint density at radius 1 is 1.11 bits per heavy atom. The summed E-state index contributed by atoms with van der Waals surface area (Å²) >= 11 is 6.31. The van der Waals surface area contributed by atoms with Crippen molar-refractivity contribution in [1.82, 2.24) is 19.4 Å². The third-order valence-corrected chi connectivity index (χ3v) is 6.70. The lowest BCUT2D eigenvalue weighted by Crippen LogP contribution is -2.60. The fourth-order valence-corrected chi connectivity index (χ4v) is 4.76. The number of nitrogens with zero attached hydrogens (tertiary/aromatic N) is 5. The molecular formula is C27H34ClN5O4. The van der Waals surface area contributed by atoms with E-state index in [1.165, 1.54) is 0 Å². The van der Waals surface area contributed by atoms with E-state index >= 15 is 0 Å². The van der Waals surface area contributed by atoms with Gasteiger partial charge < -0.3 is 19.3 Å². The van der Waals surface area contributed by atoms with Gasteiger partial charge in [-0.25, -0.2) is 14.6 Å². The number of pyridine rings is 1. The maximum atomic E-state index is 13.4. The lowest BCUT2D eigenvalue weighted by Gasteiger charge is -2.45. The number of hydrogen-bond donors (Lipinski definition) is 0. The molecule has 2 aromatic heterocycles. The molecule has 37 heavy (non-hydrogen) atoms. The summed E-state index contributed by atoms with van der Waals surface area (Å²) in [7, 11) is 1.61. The first kappa shape index (κ1) is 26.7. The predicted octanol–water partition coefficient (Wildman–Crippen LogP) is 4.73. The quantitative estimate of drug-likeness (QED) is 0.443. The summed E-state index contributed by atoms with van der Waals surface area (Å²) in [6.07, 6.45) is 0.392. The Kier molecular flexibility index (Phi) is 7.64. The van der Waals surface area contributed by atoms with Gasteiger partial charge in [0.25, 0.3) is 0 Å². The van der Waals surface area contributed by atoms with Gasteiger partial charge >= 0.3 is 11.8 Å². The average Bonchev–Trinajstić information content (AvgIpc) is 2.85. The Labute approximate surface area is 222 Å². The molecule has 1 aromatic carbocycles. The van der Waals surface area contributed by atoms with Crippen LogP contribution in [-0.4, -0.2) is 63.4 Å². The summed E-state index contributed by atoms with van der Waals surface area (Å²) in [5.74, 6) is 1.22. The number of amides is 1. The Hall–Kier alpha value is -3.33. The minimum atomic E-state index is -0.581. The molecule has 0 N–H and O–H groups in total. The smallest absolute Gasteiger partial charge is 0.410 e. The van der Waals surface area contributed by atoms with E-state index in [4.69, 9.17) is 21.1 Å². The van der Waals surface area contributed by atoms with E-state index in [0.29, 0.717) is 41.6 Å². The van der Waals surface area contributed by atoms with Gasteiger partial charge in [-0.2, -0.15) is 4.98 Å². The summed E-state index contributed by atoms with van der Waals surface area (Å²) in [6.45, 7) is 10.9. The molecule has 10 heteroatoms. The van der Waals surface area contributed by atoms with Gasteiger partial charge in [-0.05, 0) is 63.9 Å². The number of hydrogen-bond acceptors (Lipinski definition) is 7. The molecule has 0 spiro atoms. The van der Waals surface area contributed by atoms with Crippen LogP contribution in [0.1, 0.15) is 46.6 Å². The van der Waals surface area contributed by atoms with E-state index < -0.39 is 5.60 Å². The molecule has 2 atom stereocenters. The van der Waals surface area contributed by atoms with E-state index in [2.05, 4.69) is 14.9 Å². The highest BCUT2D eigenvalue weighted by Crippen LogP contribution is 2.30.